The van der Waals surface area contributed by atoms with E-state index in [1.165, 1.54) is 0 Å². The number of carbonyl (C=O) groups excluding carboxylic acids is 1. The van der Waals surface area contributed by atoms with E-state index in [0.29, 0.717) is 12.2 Å². The van der Waals surface area contributed by atoms with Crippen molar-refractivity contribution in [1.82, 2.24) is 10.5 Å². The van der Waals surface area contributed by atoms with E-state index in [9.17, 15) is 4.79 Å². The molecule has 1 heterocycles. The summed E-state index contributed by atoms with van der Waals surface area (Å²) in [5.74, 6) is 2.82. The van der Waals surface area contributed by atoms with Gasteiger partial charge in [-0.05, 0) is 13.8 Å². The molecule has 0 spiro atoms. The molecule has 0 aliphatic carbocycles. The molecular formula is C10H12N2O2. The minimum absolute atomic E-state index is 0.0514. The average Bonchev–Trinajstić information content (AvgIpc) is 2.52. The van der Waals surface area contributed by atoms with Crippen molar-refractivity contribution in [2.24, 2.45) is 0 Å². The molecule has 1 atom stereocenters. The van der Waals surface area contributed by atoms with Gasteiger partial charge in [-0.2, -0.15) is 0 Å². The number of hydrogen-bond acceptors (Lipinski definition) is 3. The summed E-state index contributed by atoms with van der Waals surface area (Å²) < 4.78 is 4.78. The maximum Gasteiger partial charge on any atom is 0.273 e. The van der Waals surface area contributed by atoms with Crippen molar-refractivity contribution in [2.45, 2.75) is 26.3 Å². The summed E-state index contributed by atoms with van der Waals surface area (Å²) in [4.78, 5) is 11.4. The molecular weight excluding hydrogens is 180 g/mol. The maximum atomic E-state index is 11.4. The van der Waals surface area contributed by atoms with Crippen molar-refractivity contribution in [3.63, 3.8) is 0 Å². The highest BCUT2D eigenvalue weighted by Crippen LogP contribution is 2.01. The monoisotopic (exact) mass is 192 g/mol. The first-order chi connectivity index (χ1) is 6.63. The lowest BCUT2D eigenvalue weighted by Gasteiger charge is -2.08. The number of nitrogens with zero attached hydrogens (tertiary/aromatic N) is 1. The second-order valence-electron chi connectivity index (χ2n) is 3.11. The predicted molar refractivity (Wildman–Crippen MR) is 51.6 cm³/mol. The van der Waals surface area contributed by atoms with Crippen LogP contribution in [-0.4, -0.2) is 17.1 Å². The van der Waals surface area contributed by atoms with Crippen LogP contribution < -0.4 is 5.32 Å². The average molecular weight is 192 g/mol. The van der Waals surface area contributed by atoms with E-state index in [4.69, 9.17) is 10.9 Å². The van der Waals surface area contributed by atoms with Crippen LogP contribution in [0.1, 0.15) is 29.6 Å². The van der Waals surface area contributed by atoms with Gasteiger partial charge < -0.3 is 9.84 Å². The minimum Gasteiger partial charge on any atom is -0.361 e. The van der Waals surface area contributed by atoms with E-state index in [1.807, 2.05) is 6.92 Å². The molecule has 4 nitrogen and oxygen atoms in total. The van der Waals surface area contributed by atoms with Crippen LogP contribution in [0.2, 0.25) is 0 Å². The topological polar surface area (TPSA) is 55.1 Å². The highest BCUT2D eigenvalue weighted by molar-refractivity contribution is 5.92. The van der Waals surface area contributed by atoms with Gasteiger partial charge >= 0.3 is 0 Å². The minimum atomic E-state index is -0.260. The van der Waals surface area contributed by atoms with Gasteiger partial charge in [-0.1, -0.05) is 5.16 Å². The van der Waals surface area contributed by atoms with Crippen LogP contribution >= 0.6 is 0 Å². The first-order valence-electron chi connectivity index (χ1n) is 4.31. The fraction of sp³-hybridized carbons (Fsp3) is 0.400. The zero-order valence-corrected chi connectivity index (χ0v) is 8.20. The lowest BCUT2D eigenvalue weighted by atomic mass is 10.2. The normalized spacial score (nSPS) is 11.8. The molecule has 0 bridgehead atoms. The summed E-state index contributed by atoms with van der Waals surface area (Å²) in [6.07, 6.45) is 5.62. The van der Waals surface area contributed by atoms with Gasteiger partial charge in [0.2, 0.25) is 0 Å². The summed E-state index contributed by atoms with van der Waals surface area (Å²) in [5.41, 5.74) is 0.284. The number of hydrogen-bond donors (Lipinski definition) is 1. The van der Waals surface area contributed by atoms with Crippen LogP contribution in [0.25, 0.3) is 0 Å². The Morgan fingerprint density at radius 3 is 3.07 bits per heavy atom. The second-order valence-corrected chi connectivity index (χ2v) is 3.11. The van der Waals surface area contributed by atoms with E-state index in [0.717, 1.165) is 0 Å². The van der Waals surface area contributed by atoms with Crippen LogP contribution in [0.5, 0.6) is 0 Å². The number of terminal acetylenes is 1. The Labute approximate surface area is 82.7 Å². The van der Waals surface area contributed by atoms with Crippen molar-refractivity contribution in [3.05, 3.63) is 17.5 Å². The van der Waals surface area contributed by atoms with E-state index >= 15 is 0 Å². The molecule has 0 saturated carbocycles. The Morgan fingerprint density at radius 2 is 2.57 bits per heavy atom. The smallest absolute Gasteiger partial charge is 0.273 e. The SMILES string of the molecule is C#CCC(C)NC(=O)c1cc(C)on1. The molecule has 0 fully saturated rings. The Kier molecular flexibility index (Phi) is 3.29. The van der Waals surface area contributed by atoms with Crippen molar-refractivity contribution in [2.75, 3.05) is 0 Å². The standard InChI is InChI=1S/C10H12N2O2/c1-4-5-7(2)11-10(13)9-6-8(3)14-12-9/h1,6-7H,5H2,2-3H3,(H,11,13). The van der Waals surface area contributed by atoms with Gasteiger partial charge in [0.25, 0.3) is 5.91 Å². The quantitative estimate of drug-likeness (QED) is 0.730. The van der Waals surface area contributed by atoms with Crippen LogP contribution in [-0.2, 0) is 0 Å². The van der Waals surface area contributed by atoms with Gasteiger partial charge in [-0.15, -0.1) is 12.3 Å². The summed E-state index contributed by atoms with van der Waals surface area (Å²) in [5, 5.41) is 6.30. The fourth-order valence-corrected chi connectivity index (χ4v) is 0.999. The third kappa shape index (κ3) is 2.63. The summed E-state index contributed by atoms with van der Waals surface area (Å²) in [6.45, 7) is 3.57. The molecule has 0 aliphatic heterocycles. The van der Waals surface area contributed by atoms with Crippen molar-refractivity contribution < 1.29 is 9.32 Å². The zero-order valence-electron chi connectivity index (χ0n) is 8.20. The van der Waals surface area contributed by atoms with Gasteiger partial charge in [0, 0.05) is 18.5 Å². The van der Waals surface area contributed by atoms with E-state index in [1.54, 1.807) is 13.0 Å². The van der Waals surface area contributed by atoms with Crippen molar-refractivity contribution in [1.29, 1.82) is 0 Å². The number of rotatable bonds is 3. The van der Waals surface area contributed by atoms with Gasteiger partial charge in [0.05, 0.1) is 0 Å². The molecule has 4 heteroatoms. The maximum absolute atomic E-state index is 11.4. The first kappa shape index (κ1) is 10.3. The molecule has 0 aliphatic rings. The van der Waals surface area contributed by atoms with Crippen LogP contribution in [0, 0.1) is 19.3 Å². The van der Waals surface area contributed by atoms with E-state index in [-0.39, 0.29) is 17.6 Å². The van der Waals surface area contributed by atoms with Gasteiger partial charge in [0.15, 0.2) is 5.69 Å². The molecule has 0 aromatic carbocycles. The molecule has 1 unspecified atom stereocenters. The lowest BCUT2D eigenvalue weighted by molar-refractivity contribution is 0.0931. The fourth-order valence-electron chi connectivity index (χ4n) is 0.999. The van der Waals surface area contributed by atoms with Gasteiger partial charge in [-0.25, -0.2) is 0 Å². The molecule has 14 heavy (non-hydrogen) atoms. The van der Waals surface area contributed by atoms with Crippen molar-refractivity contribution >= 4 is 5.91 Å². The van der Waals surface area contributed by atoms with Crippen LogP contribution in [0.15, 0.2) is 10.6 Å². The van der Waals surface area contributed by atoms with Crippen LogP contribution in [0.3, 0.4) is 0 Å². The number of aromatic nitrogens is 1. The Hall–Kier alpha value is -1.76. The highest BCUT2D eigenvalue weighted by atomic mass is 16.5. The Balaban J connectivity index is 2.55. The largest absolute Gasteiger partial charge is 0.361 e. The zero-order chi connectivity index (χ0) is 10.6. The highest BCUT2D eigenvalue weighted by Gasteiger charge is 2.12. The van der Waals surface area contributed by atoms with Crippen LogP contribution in [0.4, 0.5) is 0 Å². The summed E-state index contributed by atoms with van der Waals surface area (Å²) in [7, 11) is 0. The third-order valence-corrected chi connectivity index (χ3v) is 1.66. The lowest BCUT2D eigenvalue weighted by Crippen LogP contribution is -2.32. The Bertz CT molecular complexity index is 362. The van der Waals surface area contributed by atoms with Crippen molar-refractivity contribution in [3.8, 4) is 12.3 Å². The Morgan fingerprint density at radius 1 is 1.86 bits per heavy atom. The number of amides is 1. The predicted octanol–water partition coefficient (Wildman–Crippen LogP) is 1.12. The summed E-state index contributed by atoms with van der Waals surface area (Å²) >= 11 is 0. The molecule has 1 amide bonds. The third-order valence-electron chi connectivity index (χ3n) is 1.66. The molecule has 0 radical (unpaired) electrons. The van der Waals surface area contributed by atoms with E-state index in [2.05, 4.69) is 16.4 Å². The molecule has 74 valence electrons. The second kappa shape index (κ2) is 4.47. The van der Waals surface area contributed by atoms with Gasteiger partial charge in [-0.3, -0.25) is 4.79 Å². The molecule has 1 aromatic rings. The molecule has 1 aromatic heterocycles. The summed E-state index contributed by atoms with van der Waals surface area (Å²) in [6, 6.07) is 1.53. The molecule has 1 N–H and O–H groups in total. The number of nitrogens with one attached hydrogen (secondary N) is 1. The first-order valence-corrected chi connectivity index (χ1v) is 4.31. The number of carbonyl (C=O) groups is 1. The van der Waals surface area contributed by atoms with Gasteiger partial charge in [0.1, 0.15) is 5.76 Å². The number of aryl methyl sites for hydroxylation is 1. The molecule has 0 saturated heterocycles. The molecule has 1 rings (SSSR count). The van der Waals surface area contributed by atoms with E-state index < -0.39 is 0 Å².